The van der Waals surface area contributed by atoms with Crippen molar-refractivity contribution in [2.24, 2.45) is 0 Å². The Morgan fingerprint density at radius 2 is 1.88 bits per heavy atom. The Morgan fingerprint density at radius 3 is 2.59 bits per heavy atom. The highest BCUT2D eigenvalue weighted by Gasteiger charge is 2.28. The number of alkyl halides is 3. The molecule has 0 fully saturated rings. The van der Waals surface area contributed by atoms with Crippen LogP contribution in [0.5, 0.6) is 5.88 Å². The number of aryl methyl sites for hydroxylation is 1. The topological polar surface area (TPSA) is 22.1 Å². The third kappa shape index (κ3) is 3.09. The Morgan fingerprint density at radius 1 is 1.18 bits per heavy atom. The van der Waals surface area contributed by atoms with Crippen LogP contribution in [-0.4, -0.2) is 17.8 Å². The number of halogens is 3. The average molecular weight is 241 g/mol. The Bertz CT molecular complexity index is 537. The molecule has 1 aromatic heterocycles. The van der Waals surface area contributed by atoms with E-state index in [1.807, 2.05) is 19.1 Å². The van der Waals surface area contributed by atoms with Crippen molar-refractivity contribution in [2.45, 2.75) is 13.1 Å². The van der Waals surface area contributed by atoms with Gasteiger partial charge in [-0.05, 0) is 24.6 Å². The molecule has 0 N–H and O–H groups in total. The van der Waals surface area contributed by atoms with E-state index in [1.54, 1.807) is 12.1 Å². The van der Waals surface area contributed by atoms with Gasteiger partial charge in [0.05, 0.1) is 5.52 Å². The monoisotopic (exact) mass is 241 g/mol. The first-order chi connectivity index (χ1) is 7.94. The van der Waals surface area contributed by atoms with Crippen molar-refractivity contribution in [3.05, 3.63) is 35.9 Å². The van der Waals surface area contributed by atoms with Crippen molar-refractivity contribution in [3.8, 4) is 5.88 Å². The lowest BCUT2D eigenvalue weighted by molar-refractivity contribution is -0.154. The van der Waals surface area contributed by atoms with Gasteiger partial charge in [-0.3, -0.25) is 0 Å². The average Bonchev–Trinajstić information content (AvgIpc) is 2.24. The predicted octanol–water partition coefficient (Wildman–Crippen LogP) is 3.48. The van der Waals surface area contributed by atoms with Crippen LogP contribution in [0.3, 0.4) is 0 Å². The Kier molecular flexibility index (Phi) is 2.92. The maximum atomic E-state index is 12.0. The van der Waals surface area contributed by atoms with E-state index >= 15 is 0 Å². The molecule has 17 heavy (non-hydrogen) atoms. The first-order valence-corrected chi connectivity index (χ1v) is 5.01. The third-order valence-corrected chi connectivity index (χ3v) is 2.21. The molecular weight excluding hydrogens is 231 g/mol. The zero-order valence-corrected chi connectivity index (χ0v) is 9.08. The van der Waals surface area contributed by atoms with Crippen LogP contribution in [0.1, 0.15) is 5.56 Å². The summed E-state index contributed by atoms with van der Waals surface area (Å²) in [6.45, 7) is 0.571. The zero-order chi connectivity index (χ0) is 12.5. The van der Waals surface area contributed by atoms with Crippen molar-refractivity contribution in [1.82, 2.24) is 4.98 Å². The third-order valence-electron chi connectivity index (χ3n) is 2.21. The van der Waals surface area contributed by atoms with E-state index in [0.717, 1.165) is 10.9 Å². The van der Waals surface area contributed by atoms with Gasteiger partial charge in [0.15, 0.2) is 6.61 Å². The van der Waals surface area contributed by atoms with Gasteiger partial charge in [-0.25, -0.2) is 4.98 Å². The summed E-state index contributed by atoms with van der Waals surface area (Å²) in [6.07, 6.45) is -4.34. The molecule has 0 radical (unpaired) electrons. The van der Waals surface area contributed by atoms with Crippen LogP contribution in [0.4, 0.5) is 13.2 Å². The number of fused-ring (bicyclic) bond motifs is 1. The summed E-state index contributed by atoms with van der Waals surface area (Å²) in [7, 11) is 0. The van der Waals surface area contributed by atoms with Crippen LogP contribution in [0, 0.1) is 6.92 Å². The number of hydrogen-bond acceptors (Lipinski definition) is 2. The maximum Gasteiger partial charge on any atom is 0.422 e. The summed E-state index contributed by atoms with van der Waals surface area (Å²) in [6, 6.07) is 8.71. The minimum atomic E-state index is -4.34. The molecule has 2 nitrogen and oxygen atoms in total. The van der Waals surface area contributed by atoms with Crippen LogP contribution >= 0.6 is 0 Å². The largest absolute Gasteiger partial charge is 0.468 e. The smallest absolute Gasteiger partial charge is 0.422 e. The van der Waals surface area contributed by atoms with Crippen LogP contribution in [0.2, 0.25) is 0 Å². The molecule has 1 heterocycles. The summed E-state index contributed by atoms with van der Waals surface area (Å²) < 4.78 is 40.5. The molecule has 0 saturated heterocycles. The Balaban J connectivity index is 2.25. The molecule has 0 spiro atoms. The van der Waals surface area contributed by atoms with E-state index in [0.29, 0.717) is 5.52 Å². The van der Waals surface area contributed by atoms with Gasteiger partial charge in [0, 0.05) is 11.5 Å². The van der Waals surface area contributed by atoms with Gasteiger partial charge in [-0.1, -0.05) is 12.1 Å². The van der Waals surface area contributed by atoms with Gasteiger partial charge in [0.25, 0.3) is 0 Å². The van der Waals surface area contributed by atoms with E-state index in [2.05, 4.69) is 9.72 Å². The number of nitrogens with zero attached hydrogens (tertiary/aromatic N) is 1. The highest BCUT2D eigenvalue weighted by molar-refractivity contribution is 5.79. The second-order valence-corrected chi connectivity index (χ2v) is 3.75. The van der Waals surface area contributed by atoms with Crippen LogP contribution < -0.4 is 4.74 Å². The second-order valence-electron chi connectivity index (χ2n) is 3.75. The molecule has 5 heteroatoms. The molecule has 2 rings (SSSR count). The zero-order valence-electron chi connectivity index (χ0n) is 9.08. The minimum absolute atomic E-state index is 0.0135. The van der Waals surface area contributed by atoms with Gasteiger partial charge in [-0.15, -0.1) is 0 Å². The lowest BCUT2D eigenvalue weighted by Crippen LogP contribution is -2.19. The molecule has 0 unspecified atom stereocenters. The molecule has 0 aliphatic rings. The molecule has 0 amide bonds. The molecule has 0 aliphatic carbocycles. The molecule has 1 aromatic carbocycles. The molecular formula is C12H10F3NO. The number of benzene rings is 1. The van der Waals surface area contributed by atoms with E-state index in [4.69, 9.17) is 0 Å². The van der Waals surface area contributed by atoms with Gasteiger partial charge in [-0.2, -0.15) is 13.2 Å². The van der Waals surface area contributed by atoms with E-state index in [9.17, 15) is 13.2 Å². The van der Waals surface area contributed by atoms with Gasteiger partial charge in [0.2, 0.25) is 5.88 Å². The molecule has 0 bridgehead atoms. The Labute approximate surface area is 96.0 Å². The molecule has 0 aliphatic heterocycles. The number of aromatic nitrogens is 1. The fourth-order valence-electron chi connectivity index (χ4n) is 1.44. The van der Waals surface area contributed by atoms with Gasteiger partial charge >= 0.3 is 6.18 Å². The normalized spacial score (nSPS) is 11.8. The number of rotatable bonds is 2. The number of pyridine rings is 1. The fraction of sp³-hybridized carbons (Fsp3) is 0.250. The quantitative estimate of drug-likeness (QED) is 0.803. The SMILES string of the molecule is Cc1ccc2ccc(OCC(F)(F)F)nc2c1. The maximum absolute atomic E-state index is 12.0. The summed E-state index contributed by atoms with van der Waals surface area (Å²) >= 11 is 0. The van der Waals surface area contributed by atoms with Gasteiger partial charge < -0.3 is 4.74 Å². The van der Waals surface area contributed by atoms with Crippen LogP contribution in [0.15, 0.2) is 30.3 Å². The standard InChI is InChI=1S/C12H10F3NO/c1-8-2-3-9-4-5-11(16-10(9)6-8)17-7-12(13,14)15/h2-6H,7H2,1H3. The van der Waals surface area contributed by atoms with Crippen molar-refractivity contribution >= 4 is 10.9 Å². The van der Waals surface area contributed by atoms with Crippen LogP contribution in [0.25, 0.3) is 10.9 Å². The number of ether oxygens (including phenoxy) is 1. The highest BCUT2D eigenvalue weighted by Crippen LogP contribution is 2.20. The van der Waals surface area contributed by atoms with E-state index < -0.39 is 12.8 Å². The van der Waals surface area contributed by atoms with Gasteiger partial charge in [0.1, 0.15) is 0 Å². The predicted molar refractivity (Wildman–Crippen MR) is 58.0 cm³/mol. The first-order valence-electron chi connectivity index (χ1n) is 5.01. The molecule has 0 saturated carbocycles. The van der Waals surface area contributed by atoms with E-state index in [1.165, 1.54) is 6.07 Å². The summed E-state index contributed by atoms with van der Waals surface area (Å²) in [5.74, 6) is -0.0135. The molecule has 90 valence electrons. The molecule has 0 atom stereocenters. The fourth-order valence-corrected chi connectivity index (χ4v) is 1.44. The summed E-state index contributed by atoms with van der Waals surface area (Å²) in [5, 5.41) is 0.870. The number of hydrogen-bond donors (Lipinski definition) is 0. The molecule has 2 aromatic rings. The van der Waals surface area contributed by atoms with E-state index in [-0.39, 0.29) is 5.88 Å². The minimum Gasteiger partial charge on any atom is -0.468 e. The summed E-state index contributed by atoms with van der Waals surface area (Å²) in [4.78, 5) is 4.02. The summed E-state index contributed by atoms with van der Waals surface area (Å²) in [5.41, 5.74) is 1.63. The van der Waals surface area contributed by atoms with Crippen molar-refractivity contribution < 1.29 is 17.9 Å². The van der Waals surface area contributed by atoms with Crippen molar-refractivity contribution in [3.63, 3.8) is 0 Å². The highest BCUT2D eigenvalue weighted by atomic mass is 19.4. The first kappa shape index (κ1) is 11.7. The van der Waals surface area contributed by atoms with Crippen molar-refractivity contribution in [2.75, 3.05) is 6.61 Å². The Hall–Kier alpha value is -1.78. The lowest BCUT2D eigenvalue weighted by Gasteiger charge is -2.08. The lowest BCUT2D eigenvalue weighted by atomic mass is 10.1. The van der Waals surface area contributed by atoms with Crippen molar-refractivity contribution in [1.29, 1.82) is 0 Å². The second kappa shape index (κ2) is 4.24. The van der Waals surface area contributed by atoms with Crippen LogP contribution in [-0.2, 0) is 0 Å².